The Kier molecular flexibility index (Phi) is 7.51. The summed E-state index contributed by atoms with van der Waals surface area (Å²) in [5.41, 5.74) is -1.80. The second kappa shape index (κ2) is 9.51. The first-order valence-electron chi connectivity index (χ1n) is 12.9. The molecule has 1 spiro atoms. The van der Waals surface area contributed by atoms with Gasteiger partial charge in [0.1, 0.15) is 11.6 Å². The summed E-state index contributed by atoms with van der Waals surface area (Å²) in [6, 6.07) is -1.57. The lowest BCUT2D eigenvalue weighted by Gasteiger charge is -2.46. The molecule has 3 rings (SSSR count). The highest BCUT2D eigenvalue weighted by atomic mass is 16.5. The minimum Gasteiger partial charge on any atom is -0.481 e. The minimum atomic E-state index is -1.19. The maximum atomic E-state index is 14.5. The van der Waals surface area contributed by atoms with Crippen LogP contribution in [0.1, 0.15) is 74.1 Å². The van der Waals surface area contributed by atoms with Crippen LogP contribution in [0.2, 0.25) is 0 Å². The van der Waals surface area contributed by atoms with Gasteiger partial charge in [-0.05, 0) is 50.9 Å². The molecule has 0 aromatic carbocycles. The number of likely N-dealkylation sites (tertiary alicyclic amines) is 1. The number of aliphatic hydroxyl groups excluding tert-OH is 1. The SMILES string of the molecule is C=CCN(C(=O)C1N([C@@H](CO)CC(C)C)C(=O)[C@@H]2[C@H](C(=O)O)[C@@H]3CCC12O3)C(C)(C)CC(C)(C)C. The number of aliphatic hydroxyl groups is 1. The Labute approximate surface area is 209 Å². The van der Waals surface area contributed by atoms with Gasteiger partial charge in [0.05, 0.1) is 30.6 Å². The molecule has 8 heteroatoms. The van der Waals surface area contributed by atoms with E-state index in [1.54, 1.807) is 11.0 Å². The largest absolute Gasteiger partial charge is 0.481 e. The summed E-state index contributed by atoms with van der Waals surface area (Å²) in [7, 11) is 0. The highest BCUT2D eigenvalue weighted by Crippen LogP contribution is 2.59. The average molecular weight is 493 g/mol. The number of aliphatic carboxylic acids is 1. The molecule has 8 nitrogen and oxygen atoms in total. The molecule has 0 radical (unpaired) electrons. The van der Waals surface area contributed by atoms with Gasteiger partial charge in [-0.3, -0.25) is 14.4 Å². The quantitative estimate of drug-likeness (QED) is 0.454. The van der Waals surface area contributed by atoms with Crippen molar-refractivity contribution < 1.29 is 29.3 Å². The molecular weight excluding hydrogens is 448 g/mol. The van der Waals surface area contributed by atoms with Gasteiger partial charge >= 0.3 is 5.97 Å². The fourth-order valence-electron chi connectivity index (χ4n) is 7.17. The van der Waals surface area contributed by atoms with Crippen molar-refractivity contribution in [3.8, 4) is 0 Å². The zero-order chi connectivity index (χ0) is 26.5. The predicted molar refractivity (Wildman–Crippen MR) is 132 cm³/mol. The van der Waals surface area contributed by atoms with Crippen molar-refractivity contribution in [3.63, 3.8) is 0 Å². The number of carbonyl (C=O) groups is 3. The summed E-state index contributed by atoms with van der Waals surface area (Å²) in [4.78, 5) is 43.9. The van der Waals surface area contributed by atoms with E-state index in [9.17, 15) is 24.6 Å². The van der Waals surface area contributed by atoms with Gasteiger partial charge in [-0.2, -0.15) is 0 Å². The first-order chi connectivity index (χ1) is 16.1. The van der Waals surface area contributed by atoms with Crippen LogP contribution in [0.5, 0.6) is 0 Å². The number of amides is 2. The van der Waals surface area contributed by atoms with E-state index in [0.29, 0.717) is 32.2 Å². The molecule has 198 valence electrons. The molecule has 3 aliphatic rings. The van der Waals surface area contributed by atoms with Crippen LogP contribution in [-0.4, -0.2) is 80.3 Å². The molecule has 2 amide bonds. The molecule has 3 aliphatic heterocycles. The van der Waals surface area contributed by atoms with Crippen molar-refractivity contribution in [2.45, 2.75) is 103 Å². The Bertz CT molecular complexity index is 862. The third-order valence-electron chi connectivity index (χ3n) is 7.88. The summed E-state index contributed by atoms with van der Waals surface area (Å²) in [5.74, 6) is -3.45. The number of hydrogen-bond acceptors (Lipinski definition) is 5. The normalized spacial score (nSPS) is 31.1. The first kappa shape index (κ1) is 27.7. The predicted octanol–water partition coefficient (Wildman–Crippen LogP) is 3.08. The zero-order valence-electron chi connectivity index (χ0n) is 22.4. The van der Waals surface area contributed by atoms with Crippen LogP contribution in [0.3, 0.4) is 0 Å². The number of nitrogens with zero attached hydrogens (tertiary/aromatic N) is 2. The maximum Gasteiger partial charge on any atom is 0.310 e. The van der Waals surface area contributed by atoms with E-state index in [0.717, 1.165) is 0 Å². The number of ether oxygens (including phenoxy) is 1. The molecule has 3 heterocycles. The molecule has 35 heavy (non-hydrogen) atoms. The summed E-state index contributed by atoms with van der Waals surface area (Å²) in [6.07, 6.45) is 3.28. The van der Waals surface area contributed by atoms with Crippen LogP contribution in [-0.2, 0) is 19.1 Å². The van der Waals surface area contributed by atoms with Crippen molar-refractivity contribution in [2.75, 3.05) is 13.2 Å². The van der Waals surface area contributed by atoms with Crippen molar-refractivity contribution in [3.05, 3.63) is 12.7 Å². The molecule has 0 saturated carbocycles. The second-order valence-corrected chi connectivity index (χ2v) is 12.9. The van der Waals surface area contributed by atoms with Crippen LogP contribution in [0.25, 0.3) is 0 Å². The number of carboxylic acid groups (broad SMARTS) is 1. The third kappa shape index (κ3) is 4.76. The van der Waals surface area contributed by atoms with Gasteiger partial charge in [0, 0.05) is 12.1 Å². The molecule has 0 aromatic heterocycles. The number of rotatable bonds is 10. The van der Waals surface area contributed by atoms with E-state index < -0.39 is 47.1 Å². The van der Waals surface area contributed by atoms with Gasteiger partial charge in [-0.1, -0.05) is 40.7 Å². The summed E-state index contributed by atoms with van der Waals surface area (Å²) >= 11 is 0. The number of carbonyl (C=O) groups excluding carboxylic acids is 2. The lowest BCUT2D eigenvalue weighted by molar-refractivity contribution is -0.156. The summed E-state index contributed by atoms with van der Waals surface area (Å²) < 4.78 is 6.34. The van der Waals surface area contributed by atoms with Crippen LogP contribution in [0.4, 0.5) is 0 Å². The molecule has 2 unspecified atom stereocenters. The molecule has 6 atom stereocenters. The zero-order valence-corrected chi connectivity index (χ0v) is 22.4. The van der Waals surface area contributed by atoms with Gasteiger partial charge < -0.3 is 24.7 Å². The Balaban J connectivity index is 2.13. The summed E-state index contributed by atoms with van der Waals surface area (Å²) in [5, 5.41) is 20.3. The molecule has 3 fully saturated rings. The van der Waals surface area contributed by atoms with Gasteiger partial charge in [-0.15, -0.1) is 6.58 Å². The highest BCUT2D eigenvalue weighted by molar-refractivity contribution is 5.98. The molecule has 0 aromatic rings. The molecule has 2 N–H and O–H groups in total. The lowest BCUT2D eigenvalue weighted by atomic mass is 9.70. The van der Waals surface area contributed by atoms with E-state index in [4.69, 9.17) is 4.74 Å². The number of fused-ring (bicyclic) bond motifs is 1. The van der Waals surface area contributed by atoms with Gasteiger partial charge in [0.25, 0.3) is 0 Å². The molecule has 2 bridgehead atoms. The van der Waals surface area contributed by atoms with Crippen LogP contribution >= 0.6 is 0 Å². The van der Waals surface area contributed by atoms with E-state index in [2.05, 4.69) is 27.4 Å². The Hall–Kier alpha value is -1.93. The molecular formula is C27H44N2O6. The number of hydrogen-bond donors (Lipinski definition) is 2. The van der Waals surface area contributed by atoms with Crippen LogP contribution < -0.4 is 0 Å². The Morgan fingerprint density at radius 2 is 1.91 bits per heavy atom. The van der Waals surface area contributed by atoms with Gasteiger partial charge in [0.2, 0.25) is 11.8 Å². The fourth-order valence-corrected chi connectivity index (χ4v) is 7.17. The van der Waals surface area contributed by atoms with Crippen molar-refractivity contribution in [1.29, 1.82) is 0 Å². The van der Waals surface area contributed by atoms with Crippen molar-refractivity contribution in [2.24, 2.45) is 23.2 Å². The van der Waals surface area contributed by atoms with E-state index in [1.165, 1.54) is 4.90 Å². The topological polar surface area (TPSA) is 107 Å². The van der Waals surface area contributed by atoms with Gasteiger partial charge in [-0.25, -0.2) is 0 Å². The monoisotopic (exact) mass is 492 g/mol. The molecule has 0 aliphatic carbocycles. The van der Waals surface area contributed by atoms with Crippen LogP contribution in [0, 0.1) is 23.2 Å². The fraction of sp³-hybridized carbons (Fsp3) is 0.815. The van der Waals surface area contributed by atoms with Gasteiger partial charge in [0.15, 0.2) is 0 Å². The van der Waals surface area contributed by atoms with E-state index in [1.807, 2.05) is 27.7 Å². The first-order valence-corrected chi connectivity index (χ1v) is 12.9. The average Bonchev–Trinajstić information content (AvgIpc) is 3.35. The summed E-state index contributed by atoms with van der Waals surface area (Å²) in [6.45, 7) is 18.2. The van der Waals surface area contributed by atoms with E-state index >= 15 is 0 Å². The minimum absolute atomic E-state index is 0.0583. The smallest absolute Gasteiger partial charge is 0.310 e. The Morgan fingerprint density at radius 1 is 1.29 bits per heavy atom. The Morgan fingerprint density at radius 3 is 2.40 bits per heavy atom. The third-order valence-corrected chi connectivity index (χ3v) is 7.88. The van der Waals surface area contributed by atoms with Crippen molar-refractivity contribution >= 4 is 17.8 Å². The highest BCUT2D eigenvalue weighted by Gasteiger charge is 2.75. The standard InChI is InChI=1S/C27H44N2O6/c1-9-12-28(26(7,8)15-25(4,5)6)23(32)21-27-11-10-18(35-27)19(24(33)34)20(27)22(31)29(21)17(14-30)13-16(2)3/h9,16-21,30H,1,10-15H2,2-8H3,(H,33,34)/t17-,18+,19-,20+,21?,27?/m1/s1. The van der Waals surface area contributed by atoms with Crippen molar-refractivity contribution in [1.82, 2.24) is 9.80 Å². The lowest BCUT2D eigenvalue weighted by Crippen LogP contribution is -2.62. The van der Waals surface area contributed by atoms with E-state index in [-0.39, 0.29) is 29.8 Å². The molecule has 3 saturated heterocycles. The maximum absolute atomic E-state index is 14.5. The number of carboxylic acids is 1. The van der Waals surface area contributed by atoms with Crippen LogP contribution in [0.15, 0.2) is 12.7 Å². The second-order valence-electron chi connectivity index (χ2n) is 12.9.